The molecular weight excluding hydrogens is 472 g/mol. The highest BCUT2D eigenvalue weighted by Crippen LogP contribution is 2.22. The van der Waals surface area contributed by atoms with Crippen LogP contribution in [0.4, 0.5) is 11.4 Å². The number of hydrogen-bond donors (Lipinski definition) is 2. The van der Waals surface area contributed by atoms with Crippen molar-refractivity contribution in [3.63, 3.8) is 0 Å². The van der Waals surface area contributed by atoms with Gasteiger partial charge in [0.2, 0.25) is 11.8 Å². The summed E-state index contributed by atoms with van der Waals surface area (Å²) in [6, 6.07) is 21.3. The molecule has 1 aliphatic heterocycles. The summed E-state index contributed by atoms with van der Waals surface area (Å²) in [6.07, 6.45) is 2.99. The fraction of sp³-hybridized carbons (Fsp3) is 0.250. The summed E-state index contributed by atoms with van der Waals surface area (Å²) in [6.45, 7) is 6.93. The summed E-state index contributed by atoms with van der Waals surface area (Å²) in [5, 5.41) is 5.89. The number of amides is 2. The van der Waals surface area contributed by atoms with Gasteiger partial charge in [0, 0.05) is 55.1 Å². The lowest BCUT2D eigenvalue weighted by atomic mass is 10.1. The molecule has 4 rings (SSSR count). The monoisotopic (exact) mass is 502 g/mol. The second-order valence-corrected chi connectivity index (χ2v) is 9.27. The van der Waals surface area contributed by atoms with Gasteiger partial charge in [-0.2, -0.15) is 0 Å². The van der Waals surface area contributed by atoms with E-state index in [1.807, 2.05) is 85.5 Å². The quantitative estimate of drug-likeness (QED) is 0.373. The standard InChI is InChI=1S/C28H30N4O3S/c1-20(2)27(34)32-18-16-31(17-19-32)23-10-8-22(9-11-23)29-28(36)30-26(33)15-13-24-12-14-25(35-24)21-6-4-3-5-7-21/h3-15,20H,16-19H2,1-2H3,(H2,29,30,33,36)/b15-13+. The van der Waals surface area contributed by atoms with Crippen LogP contribution in [-0.4, -0.2) is 48.0 Å². The lowest BCUT2D eigenvalue weighted by molar-refractivity contribution is -0.134. The molecule has 1 aliphatic rings. The van der Waals surface area contributed by atoms with Gasteiger partial charge in [-0.3, -0.25) is 14.9 Å². The molecule has 36 heavy (non-hydrogen) atoms. The van der Waals surface area contributed by atoms with Crippen molar-refractivity contribution in [1.29, 1.82) is 0 Å². The van der Waals surface area contributed by atoms with E-state index in [0.717, 1.165) is 48.9 Å². The number of piperazine rings is 1. The minimum Gasteiger partial charge on any atom is -0.457 e. The topological polar surface area (TPSA) is 77.8 Å². The highest BCUT2D eigenvalue weighted by atomic mass is 32.1. The van der Waals surface area contributed by atoms with Crippen molar-refractivity contribution >= 4 is 46.6 Å². The van der Waals surface area contributed by atoms with Gasteiger partial charge in [0.25, 0.3) is 0 Å². The summed E-state index contributed by atoms with van der Waals surface area (Å²) in [5.41, 5.74) is 2.84. The maximum atomic E-state index is 12.3. The van der Waals surface area contributed by atoms with Crippen LogP contribution in [0.25, 0.3) is 17.4 Å². The van der Waals surface area contributed by atoms with Crippen molar-refractivity contribution in [3.8, 4) is 11.3 Å². The van der Waals surface area contributed by atoms with E-state index >= 15 is 0 Å². The molecular formula is C28H30N4O3S. The summed E-state index contributed by atoms with van der Waals surface area (Å²) in [5.74, 6) is 1.20. The number of benzene rings is 2. The van der Waals surface area contributed by atoms with E-state index in [0.29, 0.717) is 5.76 Å². The number of carbonyl (C=O) groups is 2. The van der Waals surface area contributed by atoms with Crippen molar-refractivity contribution in [2.45, 2.75) is 13.8 Å². The number of nitrogens with zero attached hydrogens (tertiary/aromatic N) is 2. The molecule has 1 saturated heterocycles. The van der Waals surface area contributed by atoms with Crippen LogP contribution in [0.5, 0.6) is 0 Å². The summed E-state index contributed by atoms with van der Waals surface area (Å²) >= 11 is 5.28. The van der Waals surface area contributed by atoms with E-state index in [9.17, 15) is 9.59 Å². The molecule has 0 spiro atoms. The van der Waals surface area contributed by atoms with Crippen molar-refractivity contribution < 1.29 is 14.0 Å². The zero-order valence-electron chi connectivity index (χ0n) is 20.4. The summed E-state index contributed by atoms with van der Waals surface area (Å²) in [4.78, 5) is 28.6. The Labute approximate surface area is 216 Å². The van der Waals surface area contributed by atoms with Gasteiger partial charge in [-0.05, 0) is 54.7 Å². The van der Waals surface area contributed by atoms with Crippen LogP contribution in [-0.2, 0) is 9.59 Å². The van der Waals surface area contributed by atoms with Crippen LogP contribution >= 0.6 is 12.2 Å². The highest BCUT2D eigenvalue weighted by molar-refractivity contribution is 7.80. The zero-order chi connectivity index (χ0) is 25.5. The minimum atomic E-state index is -0.351. The Bertz CT molecular complexity index is 1230. The third-order valence-electron chi connectivity index (χ3n) is 5.90. The smallest absolute Gasteiger partial charge is 0.250 e. The number of furan rings is 1. The minimum absolute atomic E-state index is 0.0272. The van der Waals surface area contributed by atoms with Gasteiger partial charge in [-0.1, -0.05) is 44.2 Å². The molecule has 2 heterocycles. The van der Waals surface area contributed by atoms with E-state index in [1.54, 1.807) is 6.08 Å². The first-order valence-corrected chi connectivity index (χ1v) is 12.4. The number of carbonyl (C=O) groups excluding carboxylic acids is 2. The van der Waals surface area contributed by atoms with Crippen molar-refractivity contribution in [2.75, 3.05) is 36.4 Å². The van der Waals surface area contributed by atoms with Crippen molar-refractivity contribution in [2.24, 2.45) is 5.92 Å². The molecule has 0 radical (unpaired) electrons. The average molecular weight is 503 g/mol. The Balaban J connectivity index is 1.24. The van der Waals surface area contributed by atoms with Gasteiger partial charge in [-0.25, -0.2) is 0 Å². The Hall–Kier alpha value is -3.91. The van der Waals surface area contributed by atoms with E-state index in [4.69, 9.17) is 16.6 Å². The molecule has 0 unspecified atom stereocenters. The van der Waals surface area contributed by atoms with Gasteiger partial charge in [0.05, 0.1) is 0 Å². The molecule has 2 aromatic carbocycles. The van der Waals surface area contributed by atoms with Crippen LogP contribution in [0, 0.1) is 5.92 Å². The van der Waals surface area contributed by atoms with E-state index in [1.165, 1.54) is 6.08 Å². The van der Waals surface area contributed by atoms with Crippen LogP contribution in [0.15, 0.2) is 77.2 Å². The summed E-state index contributed by atoms with van der Waals surface area (Å²) in [7, 11) is 0. The van der Waals surface area contributed by atoms with Gasteiger partial charge in [0.1, 0.15) is 11.5 Å². The Morgan fingerprint density at radius 3 is 2.31 bits per heavy atom. The van der Waals surface area contributed by atoms with Crippen molar-refractivity contribution in [1.82, 2.24) is 10.2 Å². The normalized spacial score (nSPS) is 13.8. The zero-order valence-corrected chi connectivity index (χ0v) is 21.3. The first-order chi connectivity index (χ1) is 17.4. The van der Waals surface area contributed by atoms with E-state index in [2.05, 4.69) is 15.5 Å². The number of anilines is 2. The van der Waals surface area contributed by atoms with Crippen LogP contribution in [0.1, 0.15) is 19.6 Å². The van der Waals surface area contributed by atoms with Crippen LogP contribution < -0.4 is 15.5 Å². The number of rotatable bonds is 6. The van der Waals surface area contributed by atoms with Gasteiger partial charge < -0.3 is 19.5 Å². The molecule has 2 amide bonds. The second-order valence-electron chi connectivity index (χ2n) is 8.86. The molecule has 2 N–H and O–H groups in total. The average Bonchev–Trinajstić information content (AvgIpc) is 3.37. The van der Waals surface area contributed by atoms with Crippen molar-refractivity contribution in [3.05, 3.63) is 78.6 Å². The number of hydrogen-bond acceptors (Lipinski definition) is 5. The maximum absolute atomic E-state index is 12.3. The molecule has 1 fully saturated rings. The SMILES string of the molecule is CC(C)C(=O)N1CCN(c2ccc(NC(=S)NC(=O)/C=C/c3ccc(-c4ccccc4)o3)cc2)CC1. The lowest BCUT2D eigenvalue weighted by Crippen LogP contribution is -2.49. The third kappa shape index (κ3) is 6.60. The second kappa shape index (κ2) is 11.7. The first kappa shape index (κ1) is 25.2. The third-order valence-corrected chi connectivity index (χ3v) is 6.10. The maximum Gasteiger partial charge on any atom is 0.250 e. The fourth-order valence-corrected chi connectivity index (χ4v) is 4.20. The molecule has 186 valence electrons. The molecule has 3 aromatic rings. The van der Waals surface area contributed by atoms with Gasteiger partial charge >= 0.3 is 0 Å². The lowest BCUT2D eigenvalue weighted by Gasteiger charge is -2.37. The largest absolute Gasteiger partial charge is 0.457 e. The summed E-state index contributed by atoms with van der Waals surface area (Å²) < 4.78 is 5.77. The molecule has 0 saturated carbocycles. The van der Waals surface area contributed by atoms with Crippen LogP contribution in [0.2, 0.25) is 0 Å². The number of nitrogens with one attached hydrogen (secondary N) is 2. The highest BCUT2D eigenvalue weighted by Gasteiger charge is 2.22. The Morgan fingerprint density at radius 1 is 0.944 bits per heavy atom. The van der Waals surface area contributed by atoms with Gasteiger partial charge in [0.15, 0.2) is 5.11 Å². The van der Waals surface area contributed by atoms with Gasteiger partial charge in [-0.15, -0.1) is 0 Å². The molecule has 0 bridgehead atoms. The number of thiocarbonyl (C=S) groups is 1. The molecule has 0 aliphatic carbocycles. The van der Waals surface area contributed by atoms with E-state index in [-0.39, 0.29) is 22.8 Å². The molecule has 8 heteroatoms. The Morgan fingerprint density at radius 2 is 1.64 bits per heavy atom. The molecule has 7 nitrogen and oxygen atoms in total. The Kier molecular flexibility index (Phi) is 8.17. The fourth-order valence-electron chi connectivity index (χ4n) is 3.98. The first-order valence-electron chi connectivity index (χ1n) is 12.0. The van der Waals surface area contributed by atoms with Crippen LogP contribution in [0.3, 0.4) is 0 Å². The molecule has 1 aromatic heterocycles. The predicted octanol–water partition coefficient (Wildman–Crippen LogP) is 4.78. The molecule has 0 atom stereocenters. The van der Waals surface area contributed by atoms with E-state index < -0.39 is 0 Å². The predicted molar refractivity (Wildman–Crippen MR) is 148 cm³/mol.